The molecule has 0 saturated heterocycles. The molecule has 0 aliphatic rings. The predicted molar refractivity (Wildman–Crippen MR) is 98.1 cm³/mol. The van der Waals surface area contributed by atoms with Crippen LogP contribution in [0.15, 0.2) is 64.1 Å². The van der Waals surface area contributed by atoms with Crippen LogP contribution in [-0.4, -0.2) is 20.4 Å². The second kappa shape index (κ2) is 8.20. The van der Waals surface area contributed by atoms with Gasteiger partial charge in [-0.1, -0.05) is 6.07 Å². The number of furan rings is 1. The number of nitrogens with zero attached hydrogens (tertiary/aromatic N) is 1. The largest absolute Gasteiger partial charge is 0.493 e. The monoisotopic (exact) mass is 354 g/mol. The van der Waals surface area contributed by atoms with Crippen LogP contribution in [0.1, 0.15) is 11.3 Å². The van der Waals surface area contributed by atoms with Gasteiger partial charge in [-0.15, -0.1) is 0 Å². The zero-order chi connectivity index (χ0) is 18.4. The number of nitrogens with one attached hydrogen (secondary N) is 1. The summed E-state index contributed by atoms with van der Waals surface area (Å²) in [5.74, 6) is 2.34. The molecule has 0 aliphatic heterocycles. The summed E-state index contributed by atoms with van der Waals surface area (Å²) in [4.78, 5) is 0. The zero-order valence-electron chi connectivity index (χ0n) is 14.5. The molecule has 0 saturated carbocycles. The minimum absolute atomic E-state index is 0.276. The molecule has 0 bridgehead atoms. The van der Waals surface area contributed by atoms with Gasteiger partial charge in [-0.05, 0) is 54.1 Å². The van der Waals surface area contributed by atoms with Crippen LogP contribution in [0.3, 0.4) is 0 Å². The van der Waals surface area contributed by atoms with Crippen molar-refractivity contribution in [2.75, 3.05) is 14.2 Å². The third-order valence-corrected chi connectivity index (χ3v) is 3.77. The Morgan fingerprint density at radius 3 is 2.50 bits per heavy atom. The van der Waals surface area contributed by atoms with E-state index in [1.54, 1.807) is 38.6 Å². The molecule has 1 N–H and O–H groups in total. The lowest BCUT2D eigenvalue weighted by Gasteiger charge is -2.09. The first-order valence-electron chi connectivity index (χ1n) is 8.02. The van der Waals surface area contributed by atoms with Gasteiger partial charge < -0.3 is 19.3 Å². The summed E-state index contributed by atoms with van der Waals surface area (Å²) < 4.78 is 29.1. The first-order chi connectivity index (χ1) is 12.7. The molecule has 6 heteroatoms. The van der Waals surface area contributed by atoms with Crippen molar-refractivity contribution in [1.29, 1.82) is 0 Å². The summed E-state index contributed by atoms with van der Waals surface area (Å²) in [5.41, 5.74) is 4.77. The molecule has 1 heterocycles. The standard InChI is InChI=1S/C20H19FN2O3/c1-24-19-9-3-14(11-20(19)25-2)12-22-23-13-17-8-10-18(26-17)15-4-6-16(21)7-5-15/h3-11,13,22H,12H2,1-2H3/b23-13-. The van der Waals surface area contributed by atoms with E-state index in [4.69, 9.17) is 13.9 Å². The molecule has 0 spiro atoms. The number of hydrogen-bond acceptors (Lipinski definition) is 5. The van der Waals surface area contributed by atoms with Gasteiger partial charge in [0.15, 0.2) is 11.5 Å². The van der Waals surface area contributed by atoms with Crippen molar-refractivity contribution in [3.8, 4) is 22.8 Å². The molecule has 0 radical (unpaired) electrons. The Bertz CT molecular complexity index is 888. The Hall–Kier alpha value is -3.28. The lowest BCUT2D eigenvalue weighted by atomic mass is 10.2. The van der Waals surface area contributed by atoms with E-state index in [0.29, 0.717) is 29.6 Å². The van der Waals surface area contributed by atoms with Crippen molar-refractivity contribution in [1.82, 2.24) is 5.43 Å². The van der Waals surface area contributed by atoms with Crippen molar-refractivity contribution in [3.63, 3.8) is 0 Å². The van der Waals surface area contributed by atoms with E-state index in [1.807, 2.05) is 24.3 Å². The molecule has 5 nitrogen and oxygen atoms in total. The summed E-state index contributed by atoms with van der Waals surface area (Å²) in [7, 11) is 3.20. The molecular weight excluding hydrogens is 335 g/mol. The molecule has 2 aromatic carbocycles. The fourth-order valence-corrected chi connectivity index (χ4v) is 2.43. The van der Waals surface area contributed by atoms with Crippen molar-refractivity contribution >= 4 is 6.21 Å². The fraction of sp³-hybridized carbons (Fsp3) is 0.150. The van der Waals surface area contributed by atoms with E-state index in [-0.39, 0.29) is 5.82 Å². The highest BCUT2D eigenvalue weighted by atomic mass is 19.1. The van der Waals surface area contributed by atoms with E-state index in [9.17, 15) is 4.39 Å². The first kappa shape index (κ1) is 17.5. The molecule has 3 rings (SSSR count). The third-order valence-electron chi connectivity index (χ3n) is 3.77. The molecule has 0 aliphatic carbocycles. The highest BCUT2D eigenvalue weighted by Gasteiger charge is 2.05. The minimum atomic E-state index is -0.276. The quantitative estimate of drug-likeness (QED) is 0.510. The maximum absolute atomic E-state index is 13.0. The smallest absolute Gasteiger partial charge is 0.161 e. The first-order valence-corrected chi connectivity index (χ1v) is 8.02. The maximum atomic E-state index is 13.0. The number of ether oxygens (including phenoxy) is 2. The highest BCUT2D eigenvalue weighted by Crippen LogP contribution is 2.27. The van der Waals surface area contributed by atoms with Gasteiger partial charge >= 0.3 is 0 Å². The van der Waals surface area contributed by atoms with Gasteiger partial charge in [-0.3, -0.25) is 0 Å². The number of hydrogen-bond donors (Lipinski definition) is 1. The van der Waals surface area contributed by atoms with Crippen molar-refractivity contribution in [2.24, 2.45) is 5.10 Å². The van der Waals surface area contributed by atoms with Crippen molar-refractivity contribution in [2.45, 2.75) is 6.54 Å². The molecule has 1 aromatic heterocycles. The fourth-order valence-electron chi connectivity index (χ4n) is 2.43. The van der Waals surface area contributed by atoms with Crippen LogP contribution in [-0.2, 0) is 6.54 Å². The van der Waals surface area contributed by atoms with Crippen LogP contribution >= 0.6 is 0 Å². The van der Waals surface area contributed by atoms with Crippen LogP contribution in [0.25, 0.3) is 11.3 Å². The second-order valence-corrected chi connectivity index (χ2v) is 5.49. The summed E-state index contributed by atoms with van der Waals surface area (Å²) in [5, 5.41) is 4.16. The lowest BCUT2D eigenvalue weighted by molar-refractivity contribution is 0.354. The van der Waals surface area contributed by atoms with Gasteiger partial charge in [0.1, 0.15) is 17.3 Å². The molecule has 0 fully saturated rings. The van der Waals surface area contributed by atoms with E-state index in [2.05, 4.69) is 10.5 Å². The summed E-state index contributed by atoms with van der Waals surface area (Å²) in [6.45, 7) is 0.530. The molecule has 0 unspecified atom stereocenters. The van der Waals surface area contributed by atoms with Crippen LogP contribution < -0.4 is 14.9 Å². The predicted octanol–water partition coefficient (Wildman–Crippen LogP) is 4.23. The number of hydrazone groups is 1. The molecule has 3 aromatic rings. The third kappa shape index (κ3) is 4.22. The lowest BCUT2D eigenvalue weighted by Crippen LogP contribution is -2.05. The van der Waals surface area contributed by atoms with E-state index < -0.39 is 0 Å². The second-order valence-electron chi connectivity index (χ2n) is 5.49. The molecule has 0 amide bonds. The summed E-state index contributed by atoms with van der Waals surface area (Å²) in [6, 6.07) is 15.4. The Balaban J connectivity index is 1.58. The van der Waals surface area contributed by atoms with Gasteiger partial charge in [0.2, 0.25) is 0 Å². The SMILES string of the molecule is COc1ccc(CN/N=C\c2ccc(-c3ccc(F)cc3)o2)cc1OC. The van der Waals surface area contributed by atoms with E-state index in [1.165, 1.54) is 12.1 Å². The van der Waals surface area contributed by atoms with Gasteiger partial charge in [-0.2, -0.15) is 5.10 Å². The number of halogens is 1. The number of benzene rings is 2. The van der Waals surface area contributed by atoms with E-state index >= 15 is 0 Å². The average molecular weight is 354 g/mol. The topological polar surface area (TPSA) is 56.0 Å². The molecule has 26 heavy (non-hydrogen) atoms. The molecule has 134 valence electrons. The van der Waals surface area contributed by atoms with Crippen LogP contribution in [0, 0.1) is 5.82 Å². The molecular formula is C20H19FN2O3. The zero-order valence-corrected chi connectivity index (χ0v) is 14.5. The van der Waals surface area contributed by atoms with Gasteiger partial charge in [0, 0.05) is 5.56 Å². The molecule has 0 atom stereocenters. The normalized spacial score (nSPS) is 10.9. The minimum Gasteiger partial charge on any atom is -0.493 e. The van der Waals surface area contributed by atoms with Crippen LogP contribution in [0.4, 0.5) is 4.39 Å². The Morgan fingerprint density at radius 2 is 1.77 bits per heavy atom. The highest BCUT2D eigenvalue weighted by molar-refractivity contribution is 5.77. The average Bonchev–Trinajstić information content (AvgIpc) is 3.14. The van der Waals surface area contributed by atoms with Crippen molar-refractivity contribution in [3.05, 3.63) is 71.7 Å². The van der Waals surface area contributed by atoms with Crippen LogP contribution in [0.5, 0.6) is 11.5 Å². The van der Waals surface area contributed by atoms with E-state index in [0.717, 1.165) is 11.1 Å². The Labute approximate surface area is 151 Å². The summed E-state index contributed by atoms with van der Waals surface area (Å²) in [6.07, 6.45) is 1.59. The Kier molecular flexibility index (Phi) is 5.53. The Morgan fingerprint density at radius 1 is 1.00 bits per heavy atom. The maximum Gasteiger partial charge on any atom is 0.161 e. The van der Waals surface area contributed by atoms with Gasteiger partial charge in [0.25, 0.3) is 0 Å². The van der Waals surface area contributed by atoms with Gasteiger partial charge in [-0.25, -0.2) is 4.39 Å². The van der Waals surface area contributed by atoms with Crippen LogP contribution in [0.2, 0.25) is 0 Å². The number of rotatable bonds is 7. The van der Waals surface area contributed by atoms with Crippen molar-refractivity contribution < 1.29 is 18.3 Å². The summed E-state index contributed by atoms with van der Waals surface area (Å²) >= 11 is 0. The van der Waals surface area contributed by atoms with Gasteiger partial charge in [0.05, 0.1) is 27.0 Å². The number of methoxy groups -OCH3 is 2.